The van der Waals surface area contributed by atoms with Gasteiger partial charge in [-0.2, -0.15) is 0 Å². The maximum Gasteiger partial charge on any atom is 0.273 e. The quantitative estimate of drug-likeness (QED) is 0.287. The van der Waals surface area contributed by atoms with Crippen molar-refractivity contribution in [3.63, 3.8) is 0 Å². The first-order valence-electron chi connectivity index (χ1n) is 11.3. The number of hydrogen-bond donors (Lipinski definition) is 0. The second-order valence-electron chi connectivity index (χ2n) is 8.41. The van der Waals surface area contributed by atoms with Crippen LogP contribution in [0.3, 0.4) is 0 Å². The highest BCUT2D eigenvalue weighted by Crippen LogP contribution is 2.32. The first-order chi connectivity index (χ1) is 16.4. The van der Waals surface area contributed by atoms with Crippen molar-refractivity contribution >= 4 is 5.78 Å². The second-order valence-corrected chi connectivity index (χ2v) is 8.41. The minimum Gasteiger partial charge on any atom is -0.299 e. The van der Waals surface area contributed by atoms with Crippen LogP contribution in [-0.2, 0) is 23.6 Å². The van der Waals surface area contributed by atoms with E-state index in [4.69, 9.17) is 0 Å². The molecule has 0 aliphatic rings. The summed E-state index contributed by atoms with van der Waals surface area (Å²) in [5.41, 5.74) is 6.31. The molecule has 4 aromatic rings. The number of rotatable bonds is 8. The van der Waals surface area contributed by atoms with Crippen molar-refractivity contribution in [3.8, 4) is 22.5 Å². The van der Waals surface area contributed by atoms with Gasteiger partial charge in [-0.25, -0.2) is 8.78 Å². The molecule has 3 nitrogen and oxygen atoms in total. The largest absolute Gasteiger partial charge is 0.299 e. The Bertz CT molecular complexity index is 1280. The number of hydrogen-bond acceptors (Lipinski definition) is 3. The fourth-order valence-electron chi connectivity index (χ4n) is 3.95. The Morgan fingerprint density at radius 2 is 1.35 bits per heavy atom. The Balaban J connectivity index is 1.46. The van der Waals surface area contributed by atoms with Gasteiger partial charge in [-0.1, -0.05) is 79.7 Å². The fraction of sp³-hybridized carbons (Fsp3) is 0.207. The van der Waals surface area contributed by atoms with Gasteiger partial charge >= 0.3 is 0 Å². The lowest BCUT2D eigenvalue weighted by Gasteiger charge is -2.14. The average molecular weight is 457 g/mol. The monoisotopic (exact) mass is 456 g/mol. The summed E-state index contributed by atoms with van der Waals surface area (Å²) in [6, 6.07) is 21.9. The molecule has 0 saturated heterocycles. The summed E-state index contributed by atoms with van der Waals surface area (Å²) in [5.74, 6) is -2.81. The molecule has 4 rings (SSSR count). The van der Waals surface area contributed by atoms with Crippen molar-refractivity contribution in [1.29, 1.82) is 0 Å². The third-order valence-corrected chi connectivity index (χ3v) is 5.95. The predicted molar refractivity (Wildman–Crippen MR) is 131 cm³/mol. The van der Waals surface area contributed by atoms with Gasteiger partial charge in [0.15, 0.2) is 0 Å². The topological polar surface area (TPSA) is 42.9 Å². The molecule has 0 aliphatic heterocycles. The average Bonchev–Trinajstić information content (AvgIpc) is 2.85. The molecule has 0 unspecified atom stereocenters. The van der Waals surface area contributed by atoms with Gasteiger partial charge in [-0.15, -0.1) is 0 Å². The van der Waals surface area contributed by atoms with Gasteiger partial charge in [-0.05, 0) is 23.6 Å². The SMILES string of the molecule is CCC(F)(F)c1ccc(CC(=O)Cc2ccc(-c3nccnc3-c3ccccc3C)cc2)cc1. The second kappa shape index (κ2) is 10.0. The molecule has 0 fully saturated rings. The zero-order chi connectivity index (χ0) is 24.1. The van der Waals surface area contributed by atoms with Gasteiger partial charge in [0.2, 0.25) is 0 Å². The highest BCUT2D eigenvalue weighted by Gasteiger charge is 2.28. The van der Waals surface area contributed by atoms with Crippen LogP contribution in [0.25, 0.3) is 22.5 Å². The summed E-state index contributed by atoms with van der Waals surface area (Å²) >= 11 is 0. The van der Waals surface area contributed by atoms with E-state index in [9.17, 15) is 13.6 Å². The highest BCUT2D eigenvalue weighted by molar-refractivity contribution is 5.84. The Morgan fingerprint density at radius 1 is 0.794 bits per heavy atom. The minimum atomic E-state index is -2.84. The molecule has 0 N–H and O–H groups in total. The standard InChI is InChI=1S/C29H26F2N2O/c1-3-29(30,31)24-14-10-22(11-15-24)19-25(34)18-21-8-12-23(13-9-21)27-28(33-17-16-32-27)26-7-5-4-6-20(26)2/h4-17H,3,18-19H2,1-2H3. The lowest BCUT2D eigenvalue weighted by Crippen LogP contribution is -2.12. The van der Waals surface area contributed by atoms with Gasteiger partial charge in [0.1, 0.15) is 5.78 Å². The molecule has 0 spiro atoms. The number of ketones is 1. The van der Waals surface area contributed by atoms with E-state index in [1.54, 1.807) is 24.5 Å². The van der Waals surface area contributed by atoms with Crippen LogP contribution in [0.1, 0.15) is 35.6 Å². The van der Waals surface area contributed by atoms with Gasteiger partial charge in [-0.3, -0.25) is 14.8 Å². The first kappa shape index (κ1) is 23.4. The van der Waals surface area contributed by atoms with Crippen LogP contribution >= 0.6 is 0 Å². The smallest absolute Gasteiger partial charge is 0.273 e. The molecule has 0 atom stereocenters. The van der Waals surface area contributed by atoms with Crippen LogP contribution in [0.2, 0.25) is 0 Å². The Hall–Kier alpha value is -3.73. The van der Waals surface area contributed by atoms with Crippen LogP contribution in [0, 0.1) is 6.92 Å². The molecule has 5 heteroatoms. The number of aryl methyl sites for hydroxylation is 1. The Kier molecular flexibility index (Phi) is 6.92. The number of halogens is 2. The van der Waals surface area contributed by atoms with Crippen LogP contribution in [-0.4, -0.2) is 15.8 Å². The van der Waals surface area contributed by atoms with Crippen molar-refractivity contribution in [3.05, 3.63) is 107 Å². The summed E-state index contributed by atoms with van der Waals surface area (Å²) in [6.45, 7) is 3.50. The van der Waals surface area contributed by atoms with E-state index >= 15 is 0 Å². The van der Waals surface area contributed by atoms with Gasteiger partial charge in [0, 0.05) is 48.3 Å². The van der Waals surface area contributed by atoms with Crippen molar-refractivity contribution in [2.45, 2.75) is 39.0 Å². The van der Waals surface area contributed by atoms with E-state index in [0.717, 1.165) is 39.2 Å². The molecule has 34 heavy (non-hydrogen) atoms. The summed E-state index contributed by atoms with van der Waals surface area (Å²) in [5, 5.41) is 0. The molecule has 0 radical (unpaired) electrons. The van der Waals surface area contributed by atoms with E-state index in [0.29, 0.717) is 0 Å². The summed E-state index contributed by atoms with van der Waals surface area (Å²) < 4.78 is 27.6. The number of aromatic nitrogens is 2. The van der Waals surface area contributed by atoms with E-state index in [1.807, 2.05) is 55.5 Å². The van der Waals surface area contributed by atoms with Crippen molar-refractivity contribution < 1.29 is 13.6 Å². The van der Waals surface area contributed by atoms with Crippen LogP contribution in [0.4, 0.5) is 8.78 Å². The highest BCUT2D eigenvalue weighted by atomic mass is 19.3. The summed E-state index contributed by atoms with van der Waals surface area (Å²) in [7, 11) is 0. The molecule has 0 amide bonds. The lowest BCUT2D eigenvalue weighted by atomic mass is 9.97. The van der Waals surface area contributed by atoms with Gasteiger partial charge in [0.05, 0.1) is 11.4 Å². The third-order valence-electron chi connectivity index (χ3n) is 5.95. The van der Waals surface area contributed by atoms with Crippen molar-refractivity contribution in [2.24, 2.45) is 0 Å². The fourth-order valence-corrected chi connectivity index (χ4v) is 3.95. The summed E-state index contributed by atoms with van der Waals surface area (Å²) in [4.78, 5) is 21.7. The van der Waals surface area contributed by atoms with Crippen LogP contribution in [0.5, 0.6) is 0 Å². The molecule has 0 bridgehead atoms. The molecular weight excluding hydrogens is 430 g/mol. The number of Topliss-reactive ketones (excluding diaryl/α,β-unsaturated/α-hetero) is 1. The minimum absolute atomic E-state index is 0.0177. The molecule has 172 valence electrons. The lowest BCUT2D eigenvalue weighted by molar-refractivity contribution is -0.117. The number of carbonyl (C=O) groups is 1. The van der Waals surface area contributed by atoms with Gasteiger partial charge < -0.3 is 0 Å². The van der Waals surface area contributed by atoms with E-state index in [1.165, 1.54) is 19.1 Å². The van der Waals surface area contributed by atoms with Crippen molar-refractivity contribution in [1.82, 2.24) is 9.97 Å². The van der Waals surface area contributed by atoms with Crippen molar-refractivity contribution in [2.75, 3.05) is 0 Å². The van der Waals surface area contributed by atoms with E-state index in [2.05, 4.69) is 9.97 Å². The molecule has 0 aliphatic carbocycles. The first-order valence-corrected chi connectivity index (χ1v) is 11.3. The predicted octanol–water partition coefficient (Wildman–Crippen LogP) is 6.98. The normalized spacial score (nSPS) is 11.4. The maximum atomic E-state index is 13.8. The number of benzene rings is 3. The number of alkyl halides is 2. The van der Waals surface area contributed by atoms with Crippen LogP contribution < -0.4 is 0 Å². The zero-order valence-corrected chi connectivity index (χ0v) is 19.3. The zero-order valence-electron chi connectivity index (χ0n) is 19.3. The number of nitrogens with zero attached hydrogens (tertiary/aromatic N) is 2. The molecule has 0 saturated carbocycles. The number of carbonyl (C=O) groups excluding carboxylic acids is 1. The molecule has 3 aromatic carbocycles. The van der Waals surface area contributed by atoms with Gasteiger partial charge in [0.25, 0.3) is 5.92 Å². The molecular formula is C29H26F2N2O. The third kappa shape index (κ3) is 5.25. The Morgan fingerprint density at radius 3 is 1.94 bits per heavy atom. The molecule has 1 heterocycles. The summed E-state index contributed by atoms with van der Waals surface area (Å²) in [6.07, 6.45) is 3.60. The van der Waals surface area contributed by atoms with E-state index in [-0.39, 0.29) is 30.6 Å². The van der Waals surface area contributed by atoms with Crippen LogP contribution in [0.15, 0.2) is 85.2 Å². The van der Waals surface area contributed by atoms with E-state index < -0.39 is 5.92 Å². The Labute approximate surface area is 198 Å². The maximum absolute atomic E-state index is 13.8. The molecule has 1 aromatic heterocycles.